The third kappa shape index (κ3) is 5.81. The number of carbonyl (C=O) groups excluding carboxylic acids is 1. The van der Waals surface area contributed by atoms with Crippen molar-refractivity contribution in [1.29, 1.82) is 0 Å². The van der Waals surface area contributed by atoms with E-state index in [0.717, 1.165) is 18.5 Å². The van der Waals surface area contributed by atoms with Crippen LogP contribution in [0.15, 0.2) is 24.8 Å². The second kappa shape index (κ2) is 9.89. The third-order valence-corrected chi connectivity index (χ3v) is 7.10. The summed E-state index contributed by atoms with van der Waals surface area (Å²) in [6, 6.07) is -0.477. The van der Waals surface area contributed by atoms with Gasteiger partial charge in [-0.3, -0.25) is 4.79 Å². The Morgan fingerprint density at radius 3 is 2.29 bits per heavy atom. The van der Waals surface area contributed by atoms with Crippen LogP contribution in [0, 0.1) is 0 Å². The van der Waals surface area contributed by atoms with Gasteiger partial charge in [0.1, 0.15) is 23.4 Å². The number of rotatable bonds is 5. The molecule has 9 nitrogen and oxygen atoms in total. The number of aliphatic hydroxyl groups is 1. The van der Waals surface area contributed by atoms with Crippen LogP contribution in [0.3, 0.4) is 0 Å². The lowest BCUT2D eigenvalue weighted by Gasteiger charge is -2.41. The van der Waals surface area contributed by atoms with Crippen molar-refractivity contribution in [3.8, 4) is 11.1 Å². The lowest BCUT2D eigenvalue weighted by atomic mass is 10.0. The van der Waals surface area contributed by atoms with Crippen LogP contribution in [0.5, 0.6) is 0 Å². The molecule has 0 spiro atoms. The van der Waals surface area contributed by atoms with Crippen LogP contribution in [0.4, 0.5) is 26.3 Å². The maximum absolute atomic E-state index is 13.7. The summed E-state index contributed by atoms with van der Waals surface area (Å²) < 4.78 is 81.1. The second-order valence-electron chi connectivity index (χ2n) is 9.33. The van der Waals surface area contributed by atoms with E-state index in [0.29, 0.717) is 17.9 Å². The van der Waals surface area contributed by atoms with Gasteiger partial charge in [-0.1, -0.05) is 0 Å². The van der Waals surface area contributed by atoms with Crippen molar-refractivity contribution in [3.05, 3.63) is 46.2 Å². The number of aromatic nitrogens is 5. The molecule has 38 heavy (non-hydrogen) atoms. The average Bonchev–Trinajstić information content (AvgIpc) is 3.46. The Balaban J connectivity index is 1.72. The van der Waals surface area contributed by atoms with Gasteiger partial charge in [0.25, 0.3) is 0 Å². The summed E-state index contributed by atoms with van der Waals surface area (Å²) >= 11 is 0.410. The molecule has 3 aromatic rings. The van der Waals surface area contributed by atoms with Gasteiger partial charge in [-0.25, -0.2) is 19.6 Å². The van der Waals surface area contributed by atoms with Gasteiger partial charge in [0.05, 0.1) is 6.04 Å². The number of piperazine rings is 1. The molecule has 2 atom stereocenters. The van der Waals surface area contributed by atoms with E-state index in [1.54, 1.807) is 6.92 Å². The molecule has 0 radical (unpaired) electrons. The standard InChI is InChI=1S/C22H23F6N7O2S/c1-11-5-29-8-14(35(11)16(36)9-34-10-32-18(33-34)20(2,3)37)17-13(4-15(38-17)21(23,24)25)12-6-30-19(31-7-12)22(26,27)28/h4,6-7,10-11,14,29,37H,5,8-9H2,1-3H3. The highest BCUT2D eigenvalue weighted by molar-refractivity contribution is 7.12. The fraction of sp³-hybridized carbons (Fsp3) is 0.500. The molecule has 2 unspecified atom stereocenters. The smallest absolute Gasteiger partial charge is 0.382 e. The van der Waals surface area contributed by atoms with Gasteiger partial charge in [-0.15, -0.1) is 11.3 Å². The molecular formula is C22H23F6N7O2S. The first-order valence-corrected chi connectivity index (χ1v) is 12.1. The number of hydrogen-bond acceptors (Lipinski definition) is 8. The molecule has 206 valence electrons. The number of alkyl halides is 6. The molecule has 0 aliphatic carbocycles. The van der Waals surface area contributed by atoms with Crippen molar-refractivity contribution >= 4 is 17.2 Å². The minimum Gasteiger partial charge on any atom is -0.382 e. The Labute approximate surface area is 216 Å². The van der Waals surface area contributed by atoms with E-state index in [4.69, 9.17) is 0 Å². The Bertz CT molecular complexity index is 1300. The van der Waals surface area contributed by atoms with Crippen LogP contribution in [0.1, 0.15) is 48.2 Å². The maximum atomic E-state index is 13.7. The molecule has 0 bridgehead atoms. The number of amides is 1. The van der Waals surface area contributed by atoms with E-state index in [1.807, 2.05) is 0 Å². The monoisotopic (exact) mass is 563 g/mol. The topological polar surface area (TPSA) is 109 Å². The van der Waals surface area contributed by atoms with Gasteiger partial charge in [0.15, 0.2) is 5.82 Å². The lowest BCUT2D eigenvalue weighted by molar-refractivity contribution is -0.145. The predicted octanol–water partition coefficient (Wildman–Crippen LogP) is 3.62. The highest BCUT2D eigenvalue weighted by Crippen LogP contribution is 2.45. The number of nitrogens with one attached hydrogen (secondary N) is 1. The number of nitrogens with zero attached hydrogens (tertiary/aromatic N) is 6. The summed E-state index contributed by atoms with van der Waals surface area (Å²) in [5, 5.41) is 17.3. The number of carbonyl (C=O) groups is 1. The molecular weight excluding hydrogens is 540 g/mol. The van der Waals surface area contributed by atoms with Gasteiger partial charge in [-0.2, -0.15) is 31.4 Å². The summed E-state index contributed by atoms with van der Waals surface area (Å²) in [5.74, 6) is -1.79. The van der Waals surface area contributed by atoms with Crippen molar-refractivity contribution in [2.45, 2.75) is 57.4 Å². The fourth-order valence-electron chi connectivity index (χ4n) is 4.07. The van der Waals surface area contributed by atoms with Gasteiger partial charge in [0.2, 0.25) is 11.7 Å². The van der Waals surface area contributed by atoms with Crippen molar-refractivity contribution in [3.63, 3.8) is 0 Å². The van der Waals surface area contributed by atoms with Crippen LogP contribution in [0.2, 0.25) is 0 Å². The Morgan fingerprint density at radius 1 is 1.08 bits per heavy atom. The van der Waals surface area contributed by atoms with Gasteiger partial charge in [-0.05, 0) is 26.8 Å². The molecule has 4 heterocycles. The zero-order valence-electron chi connectivity index (χ0n) is 20.3. The van der Waals surface area contributed by atoms with E-state index in [1.165, 1.54) is 29.8 Å². The fourth-order valence-corrected chi connectivity index (χ4v) is 5.22. The lowest BCUT2D eigenvalue weighted by Crippen LogP contribution is -2.54. The highest BCUT2D eigenvalue weighted by Gasteiger charge is 2.40. The van der Waals surface area contributed by atoms with E-state index < -0.39 is 46.6 Å². The molecule has 4 rings (SSSR count). The van der Waals surface area contributed by atoms with E-state index in [2.05, 4.69) is 25.4 Å². The summed E-state index contributed by atoms with van der Waals surface area (Å²) in [6.07, 6.45) is -6.63. The first-order valence-electron chi connectivity index (χ1n) is 11.3. The van der Waals surface area contributed by atoms with E-state index in [9.17, 15) is 36.2 Å². The number of thiophene rings is 1. The third-order valence-electron chi connectivity index (χ3n) is 5.82. The Kier molecular flexibility index (Phi) is 7.26. The maximum Gasteiger partial charge on any atom is 0.451 e. The van der Waals surface area contributed by atoms with Gasteiger partial charge in [0, 0.05) is 47.5 Å². The molecule has 2 N–H and O–H groups in total. The summed E-state index contributed by atoms with van der Waals surface area (Å²) in [6.45, 7) is 4.86. The molecule has 1 amide bonds. The van der Waals surface area contributed by atoms with E-state index >= 15 is 0 Å². The summed E-state index contributed by atoms with van der Waals surface area (Å²) in [5.41, 5.74) is -1.40. The molecule has 1 saturated heterocycles. The minimum atomic E-state index is -4.81. The van der Waals surface area contributed by atoms with Crippen molar-refractivity contribution in [2.75, 3.05) is 13.1 Å². The highest BCUT2D eigenvalue weighted by atomic mass is 32.1. The largest absolute Gasteiger partial charge is 0.451 e. The number of hydrogen-bond donors (Lipinski definition) is 2. The molecule has 16 heteroatoms. The normalized spacial score (nSPS) is 19.2. The van der Waals surface area contributed by atoms with Crippen LogP contribution >= 0.6 is 11.3 Å². The van der Waals surface area contributed by atoms with Crippen molar-refractivity contribution in [2.24, 2.45) is 0 Å². The van der Waals surface area contributed by atoms with Crippen LogP contribution < -0.4 is 5.32 Å². The molecule has 1 fully saturated rings. The molecule has 1 aliphatic heterocycles. The molecule has 1 aliphatic rings. The van der Waals surface area contributed by atoms with Crippen molar-refractivity contribution < 1.29 is 36.2 Å². The molecule has 3 aromatic heterocycles. The predicted molar refractivity (Wildman–Crippen MR) is 123 cm³/mol. The Hall–Kier alpha value is -3.11. The Morgan fingerprint density at radius 2 is 1.74 bits per heavy atom. The van der Waals surface area contributed by atoms with Crippen molar-refractivity contribution in [1.82, 2.24) is 34.9 Å². The first-order chi connectivity index (χ1) is 17.6. The van der Waals surface area contributed by atoms with Gasteiger partial charge >= 0.3 is 12.4 Å². The SMILES string of the molecule is CC1CNCC(c2sc(C(F)(F)F)cc2-c2cnc(C(F)(F)F)nc2)N1C(=O)Cn1cnc(C(C)(C)O)n1. The summed E-state index contributed by atoms with van der Waals surface area (Å²) in [7, 11) is 0. The minimum absolute atomic E-state index is 0.0141. The number of halogens is 6. The molecule has 0 aromatic carbocycles. The quantitative estimate of drug-likeness (QED) is 0.457. The summed E-state index contributed by atoms with van der Waals surface area (Å²) in [4.78, 5) is 24.6. The van der Waals surface area contributed by atoms with Crippen LogP contribution in [-0.4, -0.2) is 59.8 Å². The van der Waals surface area contributed by atoms with Gasteiger partial charge < -0.3 is 15.3 Å². The second-order valence-corrected chi connectivity index (χ2v) is 10.4. The zero-order chi connectivity index (χ0) is 28.0. The zero-order valence-corrected chi connectivity index (χ0v) is 21.1. The first kappa shape index (κ1) is 27.9. The molecule has 0 saturated carbocycles. The average molecular weight is 564 g/mol. The van der Waals surface area contributed by atoms with Crippen LogP contribution in [0.25, 0.3) is 11.1 Å². The van der Waals surface area contributed by atoms with Crippen LogP contribution in [-0.2, 0) is 29.3 Å². The van der Waals surface area contributed by atoms with E-state index in [-0.39, 0.29) is 34.9 Å².